The number of likely N-dealkylation sites (tertiary alicyclic amines) is 1. The van der Waals surface area contributed by atoms with E-state index in [1.807, 2.05) is 30.3 Å². The fourth-order valence-electron chi connectivity index (χ4n) is 5.85. The number of ether oxygens (including phenoxy) is 1. The Hall–Kier alpha value is -3.90. The summed E-state index contributed by atoms with van der Waals surface area (Å²) in [6, 6.07) is 11.9. The maximum Gasteiger partial charge on any atom is 0.410 e. The fraction of sp³-hybridized carbons (Fsp3) is 0.485. The molecule has 2 saturated heterocycles. The monoisotopic (exact) mass is 627 g/mol. The van der Waals surface area contributed by atoms with Crippen molar-refractivity contribution >= 4 is 12.0 Å². The molecule has 4 atom stereocenters. The van der Waals surface area contributed by atoms with Gasteiger partial charge in [-0.2, -0.15) is 0 Å². The van der Waals surface area contributed by atoms with Crippen LogP contribution in [-0.4, -0.2) is 87.1 Å². The quantitative estimate of drug-likeness (QED) is 0.361. The number of hydrogen-bond acceptors (Lipinski definition) is 6. The van der Waals surface area contributed by atoms with Crippen LogP contribution in [0, 0.1) is 23.5 Å². The normalized spacial score (nSPS) is 20.0. The van der Waals surface area contributed by atoms with Gasteiger partial charge >= 0.3 is 6.09 Å². The van der Waals surface area contributed by atoms with Crippen LogP contribution in [-0.2, 0) is 16.1 Å². The Labute approximate surface area is 261 Å². The number of nitrogens with zero attached hydrogens (tertiary/aromatic N) is 4. The van der Waals surface area contributed by atoms with Crippen molar-refractivity contribution in [2.75, 3.05) is 32.7 Å². The number of alkyl halides is 1. The zero-order valence-corrected chi connectivity index (χ0v) is 25.9. The Morgan fingerprint density at radius 2 is 1.84 bits per heavy atom. The summed E-state index contributed by atoms with van der Waals surface area (Å²) in [7, 11) is 0. The van der Waals surface area contributed by atoms with Crippen molar-refractivity contribution in [1.82, 2.24) is 24.7 Å². The zero-order chi connectivity index (χ0) is 32.5. The van der Waals surface area contributed by atoms with E-state index in [9.17, 15) is 23.5 Å². The summed E-state index contributed by atoms with van der Waals surface area (Å²) < 4.78 is 52.0. The van der Waals surface area contributed by atoms with Crippen molar-refractivity contribution in [3.8, 4) is 11.3 Å². The van der Waals surface area contributed by atoms with Gasteiger partial charge in [0.1, 0.15) is 35.3 Å². The largest absolute Gasteiger partial charge is 0.444 e. The number of nitrogens with one attached hydrogen (secondary N) is 1. The van der Waals surface area contributed by atoms with Gasteiger partial charge in [-0.05, 0) is 51.5 Å². The molecule has 0 spiro atoms. The molecule has 9 nitrogen and oxygen atoms in total. The lowest BCUT2D eigenvalue weighted by molar-refractivity contribution is -0.145. The lowest BCUT2D eigenvalue weighted by atomic mass is 9.90. The Morgan fingerprint density at radius 1 is 1.13 bits per heavy atom. The highest BCUT2D eigenvalue weighted by atomic mass is 19.1. The molecule has 2 aliphatic heterocycles. The fourth-order valence-corrected chi connectivity index (χ4v) is 5.85. The van der Waals surface area contributed by atoms with Crippen LogP contribution >= 0.6 is 0 Å². The number of hydrogen-bond donors (Lipinski definition) is 2. The minimum atomic E-state index is -1.44. The first kappa shape index (κ1) is 32.5. The number of carbonyl (C=O) groups excluding carboxylic acids is 2. The average Bonchev–Trinajstić information content (AvgIpc) is 3.53. The predicted molar refractivity (Wildman–Crippen MR) is 162 cm³/mol. The van der Waals surface area contributed by atoms with Crippen molar-refractivity contribution in [2.24, 2.45) is 11.8 Å². The van der Waals surface area contributed by atoms with Gasteiger partial charge in [-0.15, -0.1) is 0 Å². The number of benzene rings is 2. The van der Waals surface area contributed by atoms with Crippen molar-refractivity contribution in [2.45, 2.75) is 58.2 Å². The second-order valence-corrected chi connectivity index (χ2v) is 12.9. The summed E-state index contributed by atoms with van der Waals surface area (Å²) in [4.78, 5) is 34.0. The van der Waals surface area contributed by atoms with Crippen LogP contribution < -0.4 is 5.32 Å². The molecular formula is C33H40F3N5O4. The topological polar surface area (TPSA) is 99.9 Å². The van der Waals surface area contributed by atoms with E-state index in [-0.39, 0.29) is 36.8 Å². The van der Waals surface area contributed by atoms with Gasteiger partial charge in [0.25, 0.3) is 5.91 Å². The second kappa shape index (κ2) is 13.2. The van der Waals surface area contributed by atoms with Gasteiger partial charge < -0.3 is 29.5 Å². The number of carbonyl (C=O) groups is 2. The van der Waals surface area contributed by atoms with Gasteiger partial charge in [-0.3, -0.25) is 4.79 Å². The van der Waals surface area contributed by atoms with Crippen molar-refractivity contribution in [3.63, 3.8) is 0 Å². The Kier molecular flexibility index (Phi) is 9.54. The molecule has 242 valence electrons. The molecule has 12 heteroatoms. The van der Waals surface area contributed by atoms with Gasteiger partial charge in [0.2, 0.25) is 0 Å². The number of halogens is 3. The molecule has 0 saturated carbocycles. The van der Waals surface area contributed by atoms with Gasteiger partial charge in [-0.1, -0.05) is 30.3 Å². The van der Waals surface area contributed by atoms with E-state index in [2.05, 4.69) is 5.32 Å². The maximum absolute atomic E-state index is 15.5. The molecule has 2 N–H and O–H groups in total. The van der Waals surface area contributed by atoms with Crippen molar-refractivity contribution < 1.29 is 32.6 Å². The molecule has 5 rings (SSSR count). The van der Waals surface area contributed by atoms with E-state index in [1.54, 1.807) is 31.5 Å². The maximum atomic E-state index is 15.5. The standard InChI is InChI=1S/C33H40F3N5O4/c1-20(42)31(43)41(17-23-16-40(18-27(23)36)32(44)45-33(2,3)4)29(22-13-37-14-22)30-38-28(25-12-24(34)10-11-26(25)35)19-39(30)15-21-8-6-5-7-9-21/h5-12,19-20,22-23,27,29,37,42H,13-18H2,1-4H3/t20-,23?,27?,29?/m0/s1. The number of aromatic nitrogens is 2. The highest BCUT2D eigenvalue weighted by molar-refractivity contribution is 5.81. The molecule has 2 aromatic carbocycles. The third-order valence-corrected chi connectivity index (χ3v) is 8.15. The highest BCUT2D eigenvalue weighted by Crippen LogP contribution is 2.36. The summed E-state index contributed by atoms with van der Waals surface area (Å²) >= 11 is 0. The molecule has 1 aromatic heterocycles. The molecule has 0 aliphatic carbocycles. The van der Waals surface area contributed by atoms with E-state index in [0.29, 0.717) is 25.5 Å². The first-order chi connectivity index (χ1) is 21.3. The molecule has 0 radical (unpaired) electrons. The molecule has 2 fully saturated rings. The van der Waals surface area contributed by atoms with Gasteiger partial charge in [0, 0.05) is 56.3 Å². The van der Waals surface area contributed by atoms with Crippen molar-refractivity contribution in [1.29, 1.82) is 0 Å². The Balaban J connectivity index is 1.55. The van der Waals surface area contributed by atoms with Crippen LogP contribution in [0.2, 0.25) is 0 Å². The number of amides is 2. The van der Waals surface area contributed by atoms with Crippen LogP contribution in [0.4, 0.5) is 18.0 Å². The average molecular weight is 628 g/mol. The van der Waals surface area contributed by atoms with E-state index in [0.717, 1.165) is 23.8 Å². The van der Waals surface area contributed by atoms with Crippen LogP contribution in [0.25, 0.3) is 11.3 Å². The number of rotatable bonds is 9. The Bertz CT molecular complexity index is 1510. The van der Waals surface area contributed by atoms with E-state index < -0.39 is 53.5 Å². The number of imidazole rings is 1. The zero-order valence-electron chi connectivity index (χ0n) is 25.9. The van der Waals surface area contributed by atoms with E-state index >= 15 is 4.39 Å². The summed E-state index contributed by atoms with van der Waals surface area (Å²) in [6.45, 7) is 7.62. The van der Waals surface area contributed by atoms with Gasteiger partial charge in [0.05, 0.1) is 18.3 Å². The van der Waals surface area contributed by atoms with Crippen LogP contribution in [0.3, 0.4) is 0 Å². The van der Waals surface area contributed by atoms with E-state index in [1.165, 1.54) is 16.7 Å². The molecule has 3 unspecified atom stereocenters. The Morgan fingerprint density at radius 3 is 2.47 bits per heavy atom. The van der Waals surface area contributed by atoms with Crippen molar-refractivity contribution in [3.05, 3.63) is 77.8 Å². The lowest BCUT2D eigenvalue weighted by Crippen LogP contribution is -2.55. The molecule has 0 bridgehead atoms. The number of aliphatic hydroxyl groups excluding tert-OH is 1. The first-order valence-corrected chi connectivity index (χ1v) is 15.2. The van der Waals surface area contributed by atoms with E-state index in [4.69, 9.17) is 9.72 Å². The van der Waals surface area contributed by atoms with Gasteiger partial charge in [0.15, 0.2) is 0 Å². The first-order valence-electron chi connectivity index (χ1n) is 15.2. The smallest absolute Gasteiger partial charge is 0.410 e. The second-order valence-electron chi connectivity index (χ2n) is 12.9. The van der Waals surface area contributed by atoms with Gasteiger partial charge in [-0.25, -0.2) is 22.9 Å². The van der Waals surface area contributed by atoms with Crippen LogP contribution in [0.15, 0.2) is 54.7 Å². The lowest BCUT2D eigenvalue weighted by Gasteiger charge is -2.42. The SMILES string of the molecule is C[C@H](O)C(=O)N(CC1CN(C(=O)OC(C)(C)C)CC1F)C(c1nc(-c2cc(F)ccc2F)cn1Cc1ccccc1)C1CNC1. The third kappa shape index (κ3) is 7.50. The minimum absolute atomic E-state index is 0.0213. The molecule has 3 aromatic rings. The minimum Gasteiger partial charge on any atom is -0.444 e. The third-order valence-electron chi connectivity index (χ3n) is 8.15. The summed E-state index contributed by atoms with van der Waals surface area (Å²) in [6.07, 6.45) is -1.86. The number of aliphatic hydroxyl groups is 1. The molecule has 2 aliphatic rings. The predicted octanol–water partition coefficient (Wildman–Crippen LogP) is 4.55. The summed E-state index contributed by atoms with van der Waals surface area (Å²) in [5.74, 6) is -2.43. The molecule has 2 amide bonds. The summed E-state index contributed by atoms with van der Waals surface area (Å²) in [5.41, 5.74) is 0.301. The molecule has 3 heterocycles. The molecular weight excluding hydrogens is 587 g/mol. The summed E-state index contributed by atoms with van der Waals surface area (Å²) in [5, 5.41) is 13.7. The highest BCUT2D eigenvalue weighted by Gasteiger charge is 2.44. The molecule has 45 heavy (non-hydrogen) atoms. The van der Waals surface area contributed by atoms with Crippen LogP contribution in [0.1, 0.15) is 45.1 Å². The van der Waals surface area contributed by atoms with Crippen LogP contribution in [0.5, 0.6) is 0 Å².